The number of rotatable bonds is 1. The summed E-state index contributed by atoms with van der Waals surface area (Å²) < 4.78 is 0. The third-order valence-corrected chi connectivity index (χ3v) is 0.541. The topological polar surface area (TPSA) is 64.4 Å². The van der Waals surface area contributed by atoms with Crippen LogP contribution in [0.5, 0.6) is 0 Å². The van der Waals surface area contributed by atoms with Gasteiger partial charge in [0.2, 0.25) is 0 Å². The lowest BCUT2D eigenvalue weighted by Crippen LogP contribution is -1.88. The Balaban J connectivity index is 3.58. The zero-order chi connectivity index (χ0) is 5.70. The van der Waals surface area contributed by atoms with E-state index >= 15 is 0 Å². The van der Waals surface area contributed by atoms with Crippen LogP contribution in [0.1, 0.15) is 6.92 Å². The maximum Gasteiger partial charge on any atom is 0.0509 e. The predicted octanol–water partition coefficient (Wildman–Crippen LogP) is -0.207. The van der Waals surface area contributed by atoms with Crippen molar-refractivity contribution in [1.29, 1.82) is 0 Å². The van der Waals surface area contributed by atoms with E-state index in [9.17, 15) is 0 Å². The van der Waals surface area contributed by atoms with Gasteiger partial charge in [-0.2, -0.15) is 5.10 Å². The molecule has 0 aromatic rings. The Morgan fingerprint density at radius 3 is 2.43 bits per heavy atom. The molecule has 4 N–H and O–H groups in total. The summed E-state index contributed by atoms with van der Waals surface area (Å²) in [4.78, 5) is 0. The third-order valence-electron chi connectivity index (χ3n) is 0.541. The Morgan fingerprint density at radius 2 is 2.29 bits per heavy atom. The van der Waals surface area contributed by atoms with Crippen LogP contribution in [-0.4, -0.2) is 6.21 Å². The van der Waals surface area contributed by atoms with Crippen molar-refractivity contribution in [2.75, 3.05) is 0 Å². The first-order chi connectivity index (χ1) is 3.31. The Labute approximate surface area is 42.7 Å². The molecule has 0 saturated heterocycles. The van der Waals surface area contributed by atoms with Gasteiger partial charge in [-0.25, -0.2) is 0 Å². The molecule has 0 unspecified atom stereocenters. The molecule has 3 heteroatoms. The molecule has 0 heterocycles. The monoisotopic (exact) mass is 99.1 g/mol. The van der Waals surface area contributed by atoms with Crippen LogP contribution >= 0.6 is 0 Å². The molecule has 0 spiro atoms. The molecule has 0 bridgehead atoms. The van der Waals surface area contributed by atoms with Gasteiger partial charge in [0.1, 0.15) is 0 Å². The molecule has 3 nitrogen and oxygen atoms in total. The number of allylic oxidation sites excluding steroid dienone is 1. The molecular formula is C4H9N3. The molecule has 40 valence electrons. The summed E-state index contributed by atoms with van der Waals surface area (Å²) in [5, 5.41) is 3.23. The Kier molecular flexibility index (Phi) is 2.76. The van der Waals surface area contributed by atoms with Crippen molar-refractivity contribution in [3.63, 3.8) is 0 Å². The summed E-state index contributed by atoms with van der Waals surface area (Å²) in [5.41, 5.74) is 5.91. The summed E-state index contributed by atoms with van der Waals surface area (Å²) in [6, 6.07) is 0. The highest BCUT2D eigenvalue weighted by Crippen LogP contribution is 1.78. The van der Waals surface area contributed by atoms with E-state index in [1.54, 1.807) is 0 Å². The first-order valence-corrected chi connectivity index (χ1v) is 1.93. The average molecular weight is 99.1 g/mol. The molecule has 0 radical (unpaired) electrons. The predicted molar refractivity (Wildman–Crippen MR) is 30.6 cm³/mol. The molecule has 0 aliphatic rings. The number of hydrazone groups is 1. The first kappa shape index (κ1) is 6.01. The lowest BCUT2D eigenvalue weighted by molar-refractivity contribution is 1.26. The molecule has 0 atom stereocenters. The van der Waals surface area contributed by atoms with Gasteiger partial charge < -0.3 is 11.6 Å². The third kappa shape index (κ3) is 2.82. The van der Waals surface area contributed by atoms with E-state index in [4.69, 9.17) is 11.6 Å². The Bertz CT molecular complexity index is 93.1. The van der Waals surface area contributed by atoms with Crippen LogP contribution in [0.3, 0.4) is 0 Å². The van der Waals surface area contributed by atoms with Gasteiger partial charge in [0.25, 0.3) is 0 Å². The van der Waals surface area contributed by atoms with E-state index < -0.39 is 0 Å². The average Bonchev–Trinajstić information content (AvgIpc) is 1.68. The second-order valence-corrected chi connectivity index (χ2v) is 1.19. The highest BCUT2D eigenvalue weighted by atomic mass is 15.1. The molecule has 0 aromatic heterocycles. The summed E-state index contributed by atoms with van der Waals surface area (Å²) in [7, 11) is 0. The molecule has 7 heavy (non-hydrogen) atoms. The minimum Gasteiger partial charge on any atom is -0.404 e. The largest absolute Gasteiger partial charge is 0.404 e. The zero-order valence-electron chi connectivity index (χ0n) is 4.26. The van der Waals surface area contributed by atoms with Crippen LogP contribution in [0, 0.1) is 0 Å². The van der Waals surface area contributed by atoms with Gasteiger partial charge in [0, 0.05) is 0 Å². The lowest BCUT2D eigenvalue weighted by Gasteiger charge is -1.80. The van der Waals surface area contributed by atoms with Crippen molar-refractivity contribution in [1.82, 2.24) is 0 Å². The van der Waals surface area contributed by atoms with Crippen molar-refractivity contribution in [2.24, 2.45) is 16.7 Å². The van der Waals surface area contributed by atoms with Gasteiger partial charge in [0.15, 0.2) is 0 Å². The SMILES string of the molecule is CC(/C=N\N)=C/N. The Hall–Kier alpha value is -0.990. The standard InChI is InChI=1S/C4H9N3/c1-4(2-5)3-7-6/h2-3H,5-6H2,1H3/b4-2-,7-3-. The van der Waals surface area contributed by atoms with Crippen molar-refractivity contribution >= 4 is 6.21 Å². The maximum absolute atomic E-state index is 5.05. The van der Waals surface area contributed by atoms with E-state index in [-0.39, 0.29) is 0 Å². The van der Waals surface area contributed by atoms with E-state index in [1.165, 1.54) is 12.4 Å². The minimum atomic E-state index is 0.863. The van der Waals surface area contributed by atoms with Crippen molar-refractivity contribution in [3.8, 4) is 0 Å². The quantitative estimate of drug-likeness (QED) is 0.271. The van der Waals surface area contributed by atoms with Crippen LogP contribution in [0.15, 0.2) is 16.9 Å². The van der Waals surface area contributed by atoms with Gasteiger partial charge in [-0.3, -0.25) is 0 Å². The highest BCUT2D eigenvalue weighted by Gasteiger charge is 1.72. The molecule has 0 rings (SSSR count). The highest BCUT2D eigenvalue weighted by molar-refractivity contribution is 5.76. The fraction of sp³-hybridized carbons (Fsp3) is 0.250. The summed E-state index contributed by atoms with van der Waals surface area (Å²) >= 11 is 0. The van der Waals surface area contributed by atoms with Crippen LogP contribution in [-0.2, 0) is 0 Å². The van der Waals surface area contributed by atoms with Gasteiger partial charge in [-0.15, -0.1) is 0 Å². The minimum absolute atomic E-state index is 0.863. The molecule has 0 amide bonds. The summed E-state index contributed by atoms with van der Waals surface area (Å²) in [6.07, 6.45) is 2.93. The normalized spacial score (nSPS) is 13.0. The number of hydrogen-bond acceptors (Lipinski definition) is 3. The van der Waals surface area contributed by atoms with Crippen LogP contribution in [0.25, 0.3) is 0 Å². The zero-order valence-corrected chi connectivity index (χ0v) is 4.26. The second kappa shape index (κ2) is 3.21. The van der Waals surface area contributed by atoms with Crippen LogP contribution in [0.2, 0.25) is 0 Å². The molecule has 0 aliphatic heterocycles. The second-order valence-electron chi connectivity index (χ2n) is 1.19. The summed E-state index contributed by atoms with van der Waals surface area (Å²) in [5.74, 6) is 4.78. The first-order valence-electron chi connectivity index (χ1n) is 1.93. The molecule has 0 saturated carbocycles. The lowest BCUT2D eigenvalue weighted by atomic mass is 10.4. The number of nitrogens with two attached hydrogens (primary N) is 2. The van der Waals surface area contributed by atoms with Crippen LogP contribution < -0.4 is 11.6 Å². The number of nitrogens with zero attached hydrogens (tertiary/aromatic N) is 1. The van der Waals surface area contributed by atoms with Crippen molar-refractivity contribution in [2.45, 2.75) is 6.92 Å². The van der Waals surface area contributed by atoms with E-state index in [0.717, 1.165) is 5.57 Å². The van der Waals surface area contributed by atoms with Gasteiger partial charge in [0.05, 0.1) is 6.21 Å². The van der Waals surface area contributed by atoms with Gasteiger partial charge in [-0.05, 0) is 18.7 Å². The van der Waals surface area contributed by atoms with E-state index in [1.807, 2.05) is 6.92 Å². The van der Waals surface area contributed by atoms with Crippen molar-refractivity contribution < 1.29 is 0 Å². The smallest absolute Gasteiger partial charge is 0.0509 e. The molecular weight excluding hydrogens is 90.1 g/mol. The van der Waals surface area contributed by atoms with E-state index in [2.05, 4.69) is 5.10 Å². The van der Waals surface area contributed by atoms with Gasteiger partial charge in [-0.1, -0.05) is 0 Å². The van der Waals surface area contributed by atoms with Gasteiger partial charge >= 0.3 is 0 Å². The van der Waals surface area contributed by atoms with Crippen LogP contribution in [0.4, 0.5) is 0 Å². The molecule has 0 aliphatic carbocycles. The van der Waals surface area contributed by atoms with E-state index in [0.29, 0.717) is 0 Å². The fourth-order valence-electron chi connectivity index (χ4n) is 0.161. The fourth-order valence-corrected chi connectivity index (χ4v) is 0.161. The van der Waals surface area contributed by atoms with Crippen molar-refractivity contribution in [3.05, 3.63) is 11.8 Å². The summed E-state index contributed by atoms with van der Waals surface area (Å²) in [6.45, 7) is 1.82. The number of hydrogen-bond donors (Lipinski definition) is 2. The molecule has 0 aromatic carbocycles. The maximum atomic E-state index is 5.05. The Morgan fingerprint density at radius 1 is 1.71 bits per heavy atom. The molecule has 0 fully saturated rings.